The largest absolute Gasteiger partial charge is 0.488 e. The molecule has 1 aromatic carbocycles. The molecule has 0 atom stereocenters. The lowest BCUT2D eigenvalue weighted by molar-refractivity contribution is -0.273. The molecule has 1 N–H and O–H groups in total. The van der Waals surface area contributed by atoms with Gasteiger partial charge in [0, 0.05) is 18.0 Å². The van der Waals surface area contributed by atoms with Crippen LogP contribution in [0, 0.1) is 0 Å². The third-order valence-corrected chi connectivity index (χ3v) is 4.77. The molecule has 0 unspecified atom stereocenters. The van der Waals surface area contributed by atoms with Gasteiger partial charge in [-0.15, -0.1) is 0 Å². The first-order chi connectivity index (χ1) is 13.1. The minimum absolute atomic E-state index is 0.0379. The fourth-order valence-corrected chi connectivity index (χ4v) is 3.33. The summed E-state index contributed by atoms with van der Waals surface area (Å²) in [4.78, 5) is 12.1. The minimum Gasteiger partial charge on any atom is -0.488 e. The average molecular weight is 393 g/mol. The molecule has 9 heteroatoms. The van der Waals surface area contributed by atoms with Gasteiger partial charge in [0.1, 0.15) is 25.6 Å². The van der Waals surface area contributed by atoms with Gasteiger partial charge in [-0.3, -0.25) is 4.98 Å². The predicted octanol–water partition coefficient (Wildman–Crippen LogP) is 3.64. The molecule has 27 heavy (non-hydrogen) atoms. The van der Waals surface area contributed by atoms with Gasteiger partial charge in [-0.05, 0) is 18.2 Å². The molecule has 0 aliphatic carbocycles. The summed E-state index contributed by atoms with van der Waals surface area (Å²) in [6, 6.07) is 11.3. The molecule has 1 fully saturated rings. The number of hydrogen-bond donors (Lipinski definition) is 1. The van der Waals surface area contributed by atoms with E-state index in [0.29, 0.717) is 11.5 Å². The van der Waals surface area contributed by atoms with Gasteiger partial charge in [-0.25, -0.2) is 13.8 Å². The zero-order chi connectivity index (χ0) is 18.7. The third kappa shape index (κ3) is 4.74. The minimum atomic E-state index is -2.94. The highest BCUT2D eigenvalue weighted by atomic mass is 32.2. The van der Waals surface area contributed by atoms with Crippen molar-refractivity contribution in [3.05, 3.63) is 48.3 Å². The van der Waals surface area contributed by atoms with E-state index in [4.69, 9.17) is 14.2 Å². The number of aromatic amines is 1. The number of ether oxygens (including phenoxy) is 3. The van der Waals surface area contributed by atoms with Crippen molar-refractivity contribution in [1.29, 1.82) is 0 Å². The molecule has 3 heterocycles. The molecule has 0 amide bonds. The normalized spacial score (nSPS) is 17.3. The first-order valence-corrected chi connectivity index (χ1v) is 9.32. The molecule has 1 saturated heterocycles. The van der Waals surface area contributed by atoms with Crippen molar-refractivity contribution >= 4 is 22.8 Å². The topological polar surface area (TPSA) is 69.3 Å². The number of H-pyrrole nitrogens is 1. The molecule has 2 aromatic heterocycles. The highest BCUT2D eigenvalue weighted by molar-refractivity contribution is 7.98. The highest BCUT2D eigenvalue weighted by Crippen LogP contribution is 2.25. The SMILES string of the molecule is FC1(F)COC(COc2ccnc(CSc3nc4ccccc4[nH]3)c2)OC1. The molecule has 0 radical (unpaired) electrons. The summed E-state index contributed by atoms with van der Waals surface area (Å²) in [5.74, 6) is -1.75. The third-order valence-electron chi connectivity index (χ3n) is 3.86. The molecule has 142 valence electrons. The van der Waals surface area contributed by atoms with E-state index < -0.39 is 25.4 Å². The van der Waals surface area contributed by atoms with Crippen molar-refractivity contribution in [3.8, 4) is 5.75 Å². The summed E-state index contributed by atoms with van der Waals surface area (Å²) >= 11 is 1.54. The number of nitrogens with zero attached hydrogens (tertiary/aromatic N) is 2. The fraction of sp³-hybridized carbons (Fsp3) is 0.333. The van der Waals surface area contributed by atoms with Crippen LogP contribution in [0.1, 0.15) is 5.69 Å². The maximum absolute atomic E-state index is 13.0. The number of para-hydroxylation sites is 2. The number of alkyl halides is 2. The molecule has 0 spiro atoms. The first-order valence-electron chi connectivity index (χ1n) is 8.34. The molecular formula is C18H17F2N3O3S. The number of imidazole rings is 1. The van der Waals surface area contributed by atoms with Gasteiger partial charge in [0.15, 0.2) is 11.4 Å². The molecule has 0 saturated carbocycles. The van der Waals surface area contributed by atoms with Gasteiger partial charge >= 0.3 is 0 Å². The summed E-state index contributed by atoms with van der Waals surface area (Å²) in [5.41, 5.74) is 2.72. The van der Waals surface area contributed by atoms with Crippen LogP contribution in [0.25, 0.3) is 11.0 Å². The van der Waals surface area contributed by atoms with E-state index in [-0.39, 0.29) is 6.61 Å². The van der Waals surface area contributed by atoms with Crippen molar-refractivity contribution in [3.63, 3.8) is 0 Å². The Morgan fingerprint density at radius 1 is 1.22 bits per heavy atom. The quantitative estimate of drug-likeness (QED) is 0.645. The van der Waals surface area contributed by atoms with E-state index in [1.165, 1.54) is 11.8 Å². The number of halogens is 2. The first kappa shape index (κ1) is 18.1. The monoisotopic (exact) mass is 393 g/mol. The summed E-state index contributed by atoms with van der Waals surface area (Å²) < 4.78 is 41.4. The number of benzene rings is 1. The van der Waals surface area contributed by atoms with Crippen LogP contribution in [0.15, 0.2) is 47.8 Å². The van der Waals surface area contributed by atoms with E-state index in [0.717, 1.165) is 21.9 Å². The standard InChI is InChI=1S/C18H17F2N3O3S/c19-18(20)10-25-16(26-11-18)8-24-13-5-6-21-12(7-13)9-27-17-22-14-3-1-2-4-15(14)23-17/h1-7,16H,8-11H2,(H,22,23). The maximum atomic E-state index is 13.0. The van der Waals surface area contributed by atoms with Crippen LogP contribution in [0.3, 0.4) is 0 Å². The van der Waals surface area contributed by atoms with E-state index in [1.54, 1.807) is 18.3 Å². The molecule has 6 nitrogen and oxygen atoms in total. The van der Waals surface area contributed by atoms with E-state index in [1.807, 2.05) is 24.3 Å². The van der Waals surface area contributed by atoms with Crippen LogP contribution in [0.4, 0.5) is 8.78 Å². The number of rotatable bonds is 6. The summed E-state index contributed by atoms with van der Waals surface area (Å²) in [7, 11) is 0. The summed E-state index contributed by atoms with van der Waals surface area (Å²) in [6.07, 6.45) is 0.840. The van der Waals surface area contributed by atoms with Crippen LogP contribution in [0.5, 0.6) is 5.75 Å². The summed E-state index contributed by atoms with van der Waals surface area (Å²) in [6.45, 7) is -1.27. The second kappa shape index (κ2) is 7.79. The maximum Gasteiger partial charge on any atom is 0.293 e. The Balaban J connectivity index is 1.31. The Labute approximate surface area is 158 Å². The van der Waals surface area contributed by atoms with Crippen LogP contribution < -0.4 is 4.74 Å². The molecule has 1 aliphatic rings. The lowest BCUT2D eigenvalue weighted by Crippen LogP contribution is -2.43. The van der Waals surface area contributed by atoms with Gasteiger partial charge in [0.2, 0.25) is 0 Å². The van der Waals surface area contributed by atoms with Gasteiger partial charge < -0.3 is 19.2 Å². The predicted molar refractivity (Wildman–Crippen MR) is 96.0 cm³/mol. The van der Waals surface area contributed by atoms with Crippen LogP contribution in [-0.4, -0.2) is 47.0 Å². The number of pyridine rings is 1. The number of fused-ring (bicyclic) bond motifs is 1. The van der Waals surface area contributed by atoms with Gasteiger partial charge in [-0.2, -0.15) is 0 Å². The van der Waals surface area contributed by atoms with Gasteiger partial charge in [-0.1, -0.05) is 23.9 Å². The molecule has 3 aromatic rings. The molecule has 4 rings (SSSR count). The van der Waals surface area contributed by atoms with E-state index >= 15 is 0 Å². The average Bonchev–Trinajstić information content (AvgIpc) is 3.09. The number of hydrogen-bond acceptors (Lipinski definition) is 6. The molecule has 0 bridgehead atoms. The lowest BCUT2D eigenvalue weighted by Gasteiger charge is -2.28. The van der Waals surface area contributed by atoms with Gasteiger partial charge in [0.05, 0.1) is 16.7 Å². The number of nitrogens with one attached hydrogen (secondary N) is 1. The Kier molecular flexibility index (Phi) is 5.24. The van der Waals surface area contributed by atoms with Crippen molar-refractivity contribution in [2.75, 3.05) is 19.8 Å². The second-order valence-corrected chi connectivity index (χ2v) is 7.01. The lowest BCUT2D eigenvalue weighted by atomic mass is 10.3. The number of aromatic nitrogens is 3. The smallest absolute Gasteiger partial charge is 0.293 e. The van der Waals surface area contributed by atoms with Crippen LogP contribution in [0.2, 0.25) is 0 Å². The van der Waals surface area contributed by atoms with Crippen molar-refractivity contribution in [2.24, 2.45) is 0 Å². The van der Waals surface area contributed by atoms with Crippen LogP contribution >= 0.6 is 11.8 Å². The zero-order valence-electron chi connectivity index (χ0n) is 14.2. The van der Waals surface area contributed by atoms with Crippen molar-refractivity contribution in [1.82, 2.24) is 15.0 Å². The molecular weight excluding hydrogens is 376 g/mol. The van der Waals surface area contributed by atoms with E-state index in [2.05, 4.69) is 15.0 Å². The Morgan fingerprint density at radius 2 is 2.04 bits per heavy atom. The molecule has 1 aliphatic heterocycles. The summed E-state index contributed by atoms with van der Waals surface area (Å²) in [5, 5.41) is 0.814. The Bertz CT molecular complexity index is 879. The second-order valence-electron chi connectivity index (χ2n) is 6.05. The zero-order valence-corrected chi connectivity index (χ0v) is 15.0. The number of thioether (sulfide) groups is 1. The van der Waals surface area contributed by atoms with Crippen molar-refractivity contribution in [2.45, 2.75) is 23.1 Å². The highest BCUT2D eigenvalue weighted by Gasteiger charge is 2.37. The Hall–Kier alpha value is -2.23. The van der Waals surface area contributed by atoms with Crippen molar-refractivity contribution < 1.29 is 23.0 Å². The van der Waals surface area contributed by atoms with Gasteiger partial charge in [0.25, 0.3) is 5.92 Å². The fourth-order valence-electron chi connectivity index (χ4n) is 2.54. The van der Waals surface area contributed by atoms with E-state index in [9.17, 15) is 8.78 Å². The van der Waals surface area contributed by atoms with Crippen LogP contribution in [-0.2, 0) is 15.2 Å². The Morgan fingerprint density at radius 3 is 2.85 bits per heavy atom.